The van der Waals surface area contributed by atoms with Crippen LogP contribution < -0.4 is 5.30 Å². The van der Waals surface area contributed by atoms with Crippen molar-refractivity contribution in [2.45, 2.75) is 0 Å². The Morgan fingerprint density at radius 2 is 1.39 bits per heavy atom. The highest BCUT2D eigenvalue weighted by molar-refractivity contribution is 7.95. The highest BCUT2D eigenvalue weighted by Gasteiger charge is 2.33. The first-order chi connectivity index (χ1) is 11.3. The van der Waals surface area contributed by atoms with Gasteiger partial charge in [-0.05, 0) is 17.5 Å². The first kappa shape index (κ1) is 15.9. The Balaban J connectivity index is 2.08. The maximum Gasteiger partial charge on any atom is 0.163 e. The molecule has 0 amide bonds. The first-order valence-corrected chi connectivity index (χ1v) is 8.63. The van der Waals surface area contributed by atoms with E-state index in [1.165, 1.54) is 0 Å². The molecule has 120 valence electrons. The van der Waals surface area contributed by atoms with Crippen molar-refractivity contribution in [1.29, 1.82) is 0 Å². The van der Waals surface area contributed by atoms with Gasteiger partial charge in [-0.2, -0.15) is 0 Å². The van der Waals surface area contributed by atoms with Crippen molar-refractivity contribution in [2.75, 3.05) is 27.3 Å². The number of nitrogens with zero attached hydrogens (tertiary/aromatic N) is 4. The largest absolute Gasteiger partial charge is 0.275 e. The van der Waals surface area contributed by atoms with Gasteiger partial charge >= 0.3 is 0 Å². The molecule has 0 spiro atoms. The van der Waals surface area contributed by atoms with Crippen LogP contribution in [0.3, 0.4) is 0 Å². The number of benzene rings is 1. The van der Waals surface area contributed by atoms with Crippen molar-refractivity contribution in [3.63, 3.8) is 0 Å². The smallest absolute Gasteiger partial charge is 0.163 e. The quantitative estimate of drug-likeness (QED) is 0.777. The molecule has 1 aromatic carbocycles. The fraction of sp³-hybridized carbons (Fsp3) is 0.250. The van der Waals surface area contributed by atoms with Gasteiger partial charge in [0.25, 0.3) is 0 Å². The molecule has 2 aliphatic heterocycles. The first-order valence-electron chi connectivity index (χ1n) is 7.29. The molecule has 0 atom stereocenters. The van der Waals surface area contributed by atoms with Gasteiger partial charge in [-0.25, -0.2) is 20.1 Å². The van der Waals surface area contributed by atoms with Crippen molar-refractivity contribution in [3.05, 3.63) is 54.9 Å². The number of amidine groups is 2. The van der Waals surface area contributed by atoms with E-state index < -0.39 is 7.92 Å². The molecule has 0 unspecified atom stereocenters. The fourth-order valence-corrected chi connectivity index (χ4v) is 4.61. The summed E-state index contributed by atoms with van der Waals surface area (Å²) in [7, 11) is 2.33. The van der Waals surface area contributed by atoms with E-state index in [1.807, 2.05) is 42.8 Å². The minimum Gasteiger partial charge on any atom is -0.275 e. The van der Waals surface area contributed by atoms with Crippen LogP contribution in [0.4, 0.5) is 0 Å². The Labute approximate surface area is 137 Å². The number of hydroxylamine groups is 4. The zero-order valence-corrected chi connectivity index (χ0v) is 14.1. The predicted molar refractivity (Wildman–Crippen MR) is 93.6 cm³/mol. The normalized spacial score (nSPS) is 17.5. The SMILES string of the molecule is CON1CC=CN=C1P(C1=NC=CCN1OC)c1ccccc1. The van der Waals surface area contributed by atoms with Crippen LogP contribution in [0.2, 0.25) is 0 Å². The molecule has 3 rings (SSSR count). The average molecular weight is 330 g/mol. The van der Waals surface area contributed by atoms with Crippen LogP contribution in [0.1, 0.15) is 0 Å². The summed E-state index contributed by atoms with van der Waals surface area (Å²) in [5.41, 5.74) is 1.71. The molecule has 0 N–H and O–H groups in total. The molecule has 1 aromatic rings. The molecule has 23 heavy (non-hydrogen) atoms. The van der Waals surface area contributed by atoms with Gasteiger partial charge in [-0.1, -0.05) is 30.3 Å². The van der Waals surface area contributed by atoms with Gasteiger partial charge in [0.2, 0.25) is 0 Å². The lowest BCUT2D eigenvalue weighted by Gasteiger charge is -2.34. The van der Waals surface area contributed by atoms with Gasteiger partial charge in [-0.15, -0.1) is 0 Å². The molecular weight excluding hydrogens is 311 g/mol. The Morgan fingerprint density at radius 1 is 0.870 bits per heavy atom. The Kier molecular flexibility index (Phi) is 5.18. The molecule has 6 nitrogen and oxygen atoms in total. The van der Waals surface area contributed by atoms with Crippen LogP contribution in [0.15, 0.2) is 64.9 Å². The van der Waals surface area contributed by atoms with Crippen LogP contribution in [0.5, 0.6) is 0 Å². The predicted octanol–water partition coefficient (Wildman–Crippen LogP) is 2.29. The van der Waals surface area contributed by atoms with E-state index in [0.29, 0.717) is 13.1 Å². The monoisotopic (exact) mass is 330 g/mol. The zero-order valence-electron chi connectivity index (χ0n) is 13.2. The molecule has 0 aromatic heterocycles. The molecule has 0 saturated heterocycles. The molecule has 0 aliphatic carbocycles. The van der Waals surface area contributed by atoms with Crippen LogP contribution in [0, 0.1) is 0 Å². The number of rotatable bonds is 5. The summed E-state index contributed by atoms with van der Waals surface area (Å²) in [6, 6.07) is 10.2. The van der Waals surface area contributed by atoms with Crippen LogP contribution in [0.25, 0.3) is 0 Å². The van der Waals surface area contributed by atoms with Crippen LogP contribution >= 0.6 is 7.92 Å². The summed E-state index contributed by atoms with van der Waals surface area (Å²) >= 11 is 0. The lowest BCUT2D eigenvalue weighted by molar-refractivity contribution is -0.0553. The highest BCUT2D eigenvalue weighted by atomic mass is 31.1. The maximum atomic E-state index is 5.50. The van der Waals surface area contributed by atoms with Crippen molar-refractivity contribution in [3.8, 4) is 0 Å². The summed E-state index contributed by atoms with van der Waals surface area (Å²) in [4.78, 5) is 20.2. The average Bonchev–Trinajstić information content (AvgIpc) is 2.64. The molecular formula is C16H19N4O2P. The number of aliphatic imine (C=N–C) groups is 2. The summed E-state index contributed by atoms with van der Waals surface area (Å²) in [6.07, 6.45) is 7.56. The van der Waals surface area contributed by atoms with Gasteiger partial charge in [0.05, 0.1) is 35.2 Å². The van der Waals surface area contributed by atoms with Crippen molar-refractivity contribution in [2.24, 2.45) is 9.98 Å². The Morgan fingerprint density at radius 3 is 1.87 bits per heavy atom. The van der Waals surface area contributed by atoms with E-state index in [1.54, 1.807) is 24.3 Å². The minimum atomic E-state index is -0.983. The van der Waals surface area contributed by atoms with E-state index in [-0.39, 0.29) is 0 Å². The maximum absolute atomic E-state index is 5.50. The molecule has 0 bridgehead atoms. The summed E-state index contributed by atoms with van der Waals surface area (Å²) < 4.78 is 0. The van der Waals surface area contributed by atoms with Crippen molar-refractivity contribution < 1.29 is 9.68 Å². The van der Waals surface area contributed by atoms with Crippen LogP contribution in [-0.2, 0) is 9.68 Å². The molecule has 0 radical (unpaired) electrons. The number of hydrogen-bond acceptors (Lipinski definition) is 6. The van der Waals surface area contributed by atoms with E-state index in [2.05, 4.69) is 22.1 Å². The van der Waals surface area contributed by atoms with Crippen molar-refractivity contribution in [1.82, 2.24) is 10.1 Å². The summed E-state index contributed by atoms with van der Waals surface area (Å²) in [5, 5.41) is 4.75. The lowest BCUT2D eigenvalue weighted by atomic mass is 10.4. The van der Waals surface area contributed by atoms with E-state index in [4.69, 9.17) is 9.68 Å². The van der Waals surface area contributed by atoms with Crippen LogP contribution in [-0.4, -0.2) is 48.6 Å². The highest BCUT2D eigenvalue weighted by Crippen LogP contribution is 2.42. The third kappa shape index (κ3) is 3.34. The van der Waals surface area contributed by atoms with Gasteiger partial charge in [0.1, 0.15) is 0 Å². The van der Waals surface area contributed by atoms with E-state index in [0.717, 1.165) is 16.5 Å². The van der Waals surface area contributed by atoms with Gasteiger partial charge in [-0.3, -0.25) is 9.68 Å². The standard InChI is InChI=1S/C16H19N4O2P/c1-21-19-12-6-10-17-15(19)23(14-8-4-3-5-9-14)16-18-11-7-13-20(16)22-2/h3-11H,12-13H2,1-2H3. The second-order valence-corrected chi connectivity index (χ2v) is 6.77. The van der Waals surface area contributed by atoms with Crippen molar-refractivity contribution >= 4 is 24.4 Å². The molecule has 0 fully saturated rings. The fourth-order valence-electron chi connectivity index (χ4n) is 2.36. The summed E-state index contributed by atoms with van der Waals surface area (Å²) in [6.45, 7) is 1.33. The summed E-state index contributed by atoms with van der Waals surface area (Å²) in [5.74, 6) is 0. The third-order valence-electron chi connectivity index (χ3n) is 3.43. The molecule has 7 heteroatoms. The van der Waals surface area contributed by atoms with E-state index in [9.17, 15) is 0 Å². The Hall–Kier alpha value is -2.01. The van der Waals surface area contributed by atoms with Gasteiger partial charge in [0, 0.05) is 12.4 Å². The second-order valence-electron chi connectivity index (χ2n) is 4.79. The third-order valence-corrected chi connectivity index (χ3v) is 5.73. The van der Waals surface area contributed by atoms with E-state index >= 15 is 0 Å². The van der Waals surface area contributed by atoms with Gasteiger partial charge < -0.3 is 0 Å². The molecule has 0 saturated carbocycles. The molecule has 2 heterocycles. The zero-order chi connectivity index (χ0) is 16.1. The number of hydrogen-bond donors (Lipinski definition) is 0. The molecule has 2 aliphatic rings. The second kappa shape index (κ2) is 7.51. The minimum absolute atomic E-state index is 0.664. The van der Waals surface area contributed by atoms with Gasteiger partial charge in [0.15, 0.2) is 11.2 Å². The lowest BCUT2D eigenvalue weighted by Crippen LogP contribution is -2.39. The Bertz CT molecular complexity index is 619. The topological polar surface area (TPSA) is 49.7 Å².